The van der Waals surface area contributed by atoms with Gasteiger partial charge in [-0.25, -0.2) is 0 Å². The van der Waals surface area contributed by atoms with Gasteiger partial charge in [0.15, 0.2) is 0 Å². The van der Waals surface area contributed by atoms with Gasteiger partial charge in [0.1, 0.15) is 0 Å². The Bertz CT molecular complexity index is 759. The Labute approximate surface area is 139 Å². The quantitative estimate of drug-likeness (QED) is 0.588. The summed E-state index contributed by atoms with van der Waals surface area (Å²) in [5.41, 5.74) is 6.83. The van der Waals surface area contributed by atoms with E-state index in [4.69, 9.17) is 0 Å². The first kappa shape index (κ1) is 15.3. The second-order valence-electron chi connectivity index (χ2n) is 5.89. The highest BCUT2D eigenvalue weighted by molar-refractivity contribution is 5.86. The molecule has 0 aliphatic heterocycles. The molecule has 0 saturated carbocycles. The summed E-state index contributed by atoms with van der Waals surface area (Å²) in [6, 6.07) is 17.2. The molecule has 0 saturated heterocycles. The van der Waals surface area contributed by atoms with Gasteiger partial charge in [-0.15, -0.1) is 0 Å². The molecule has 0 radical (unpaired) electrons. The number of hydrogen-bond donors (Lipinski definition) is 0. The lowest BCUT2D eigenvalue weighted by atomic mass is 9.67. The van der Waals surface area contributed by atoms with Gasteiger partial charge < -0.3 is 0 Å². The van der Waals surface area contributed by atoms with Gasteiger partial charge in [0.2, 0.25) is 0 Å². The summed E-state index contributed by atoms with van der Waals surface area (Å²) in [5.74, 6) is 0. The third-order valence-corrected chi connectivity index (χ3v) is 4.65. The van der Waals surface area contributed by atoms with Crippen LogP contribution in [0.4, 0.5) is 0 Å². The number of allylic oxidation sites excluding steroid dienone is 6. The normalized spacial score (nSPS) is 14.9. The van der Waals surface area contributed by atoms with Crippen LogP contribution in [0.25, 0.3) is 11.1 Å². The van der Waals surface area contributed by atoms with Crippen molar-refractivity contribution in [2.75, 3.05) is 0 Å². The lowest BCUT2D eigenvalue weighted by Gasteiger charge is -2.34. The molecule has 1 aliphatic rings. The molecule has 3 rings (SSSR count). The van der Waals surface area contributed by atoms with E-state index >= 15 is 0 Å². The fourth-order valence-corrected chi connectivity index (χ4v) is 3.79. The highest BCUT2D eigenvalue weighted by Gasteiger charge is 2.45. The molecular formula is C23H22. The summed E-state index contributed by atoms with van der Waals surface area (Å²) in [6.45, 7) is 12.9. The van der Waals surface area contributed by atoms with Crippen LogP contribution in [0.1, 0.15) is 25.0 Å². The summed E-state index contributed by atoms with van der Waals surface area (Å²) in [6.07, 6.45) is 8.31. The fraction of sp³-hybridized carbons (Fsp3) is 0.130. The molecule has 114 valence electrons. The summed E-state index contributed by atoms with van der Waals surface area (Å²) in [4.78, 5) is 0. The molecule has 0 heteroatoms. The van der Waals surface area contributed by atoms with E-state index in [1.807, 2.05) is 13.8 Å². The molecule has 0 unspecified atom stereocenters. The van der Waals surface area contributed by atoms with Gasteiger partial charge in [-0.05, 0) is 47.2 Å². The van der Waals surface area contributed by atoms with E-state index in [0.717, 1.165) is 11.1 Å². The highest BCUT2D eigenvalue weighted by atomic mass is 14.5. The maximum absolute atomic E-state index is 4.42. The summed E-state index contributed by atoms with van der Waals surface area (Å²) < 4.78 is 0. The van der Waals surface area contributed by atoms with Gasteiger partial charge in [0.25, 0.3) is 0 Å². The van der Waals surface area contributed by atoms with Crippen molar-refractivity contribution >= 4 is 0 Å². The van der Waals surface area contributed by atoms with E-state index in [2.05, 4.69) is 86.0 Å². The molecule has 0 fully saturated rings. The van der Waals surface area contributed by atoms with Crippen LogP contribution in [-0.4, -0.2) is 0 Å². The smallest absolute Gasteiger partial charge is 0.0701 e. The zero-order valence-corrected chi connectivity index (χ0v) is 13.8. The molecule has 0 N–H and O–H groups in total. The third-order valence-electron chi connectivity index (χ3n) is 4.65. The first-order chi connectivity index (χ1) is 11.2. The zero-order valence-electron chi connectivity index (χ0n) is 13.8. The molecule has 0 amide bonds. The zero-order chi connectivity index (χ0) is 16.4. The van der Waals surface area contributed by atoms with Gasteiger partial charge in [-0.2, -0.15) is 0 Å². The molecule has 0 aromatic heterocycles. The van der Waals surface area contributed by atoms with Crippen molar-refractivity contribution in [3.05, 3.63) is 108 Å². The molecule has 0 heterocycles. The Morgan fingerprint density at radius 1 is 0.739 bits per heavy atom. The highest BCUT2D eigenvalue weighted by Crippen LogP contribution is 2.56. The van der Waals surface area contributed by atoms with E-state index < -0.39 is 0 Å². The predicted molar refractivity (Wildman–Crippen MR) is 101 cm³/mol. The molecule has 2 aromatic rings. The molecule has 0 spiro atoms. The lowest BCUT2D eigenvalue weighted by molar-refractivity contribution is 0.771. The molecular weight excluding hydrogens is 276 g/mol. The van der Waals surface area contributed by atoms with Crippen LogP contribution in [0, 0.1) is 0 Å². The van der Waals surface area contributed by atoms with Gasteiger partial charge in [-0.1, -0.05) is 86.0 Å². The second-order valence-corrected chi connectivity index (χ2v) is 5.89. The van der Waals surface area contributed by atoms with Crippen LogP contribution in [0.5, 0.6) is 0 Å². The monoisotopic (exact) mass is 298 g/mol. The van der Waals surface area contributed by atoms with E-state index in [9.17, 15) is 0 Å². The van der Waals surface area contributed by atoms with Crippen molar-refractivity contribution in [2.24, 2.45) is 0 Å². The van der Waals surface area contributed by atoms with Crippen molar-refractivity contribution in [1.29, 1.82) is 0 Å². The van der Waals surface area contributed by atoms with Crippen molar-refractivity contribution in [1.82, 2.24) is 0 Å². The molecule has 0 nitrogen and oxygen atoms in total. The standard InChI is InChI=1S/C23H22/c1-5-11-17(3)23(18(4)12-6-2)21-15-9-7-13-19(21)20-14-8-10-16-22(20)23/h5-16H,3-4H2,1-2H3/b11-5-,12-6-. The Morgan fingerprint density at radius 2 is 1.13 bits per heavy atom. The van der Waals surface area contributed by atoms with Gasteiger partial charge in [-0.3, -0.25) is 0 Å². The Balaban J connectivity index is 2.44. The van der Waals surface area contributed by atoms with Crippen molar-refractivity contribution < 1.29 is 0 Å². The molecule has 2 aromatic carbocycles. The Morgan fingerprint density at radius 3 is 1.52 bits per heavy atom. The number of rotatable bonds is 4. The van der Waals surface area contributed by atoms with Gasteiger partial charge in [0.05, 0.1) is 5.41 Å². The Kier molecular flexibility index (Phi) is 3.92. The SMILES string of the molecule is C=C(/C=C\C)C1(C(=C)/C=C\C)c2ccccc2-c2ccccc21. The minimum atomic E-state index is -0.383. The average Bonchev–Trinajstić information content (AvgIpc) is 2.87. The van der Waals surface area contributed by atoms with E-state index in [1.165, 1.54) is 22.3 Å². The Hall–Kier alpha value is -2.60. The summed E-state index contributed by atoms with van der Waals surface area (Å²) in [7, 11) is 0. The number of hydrogen-bond acceptors (Lipinski definition) is 0. The van der Waals surface area contributed by atoms with Crippen LogP contribution in [0.3, 0.4) is 0 Å². The van der Waals surface area contributed by atoms with E-state index in [0.29, 0.717) is 0 Å². The number of benzene rings is 2. The minimum absolute atomic E-state index is 0.383. The van der Waals surface area contributed by atoms with Crippen molar-refractivity contribution in [2.45, 2.75) is 19.3 Å². The average molecular weight is 298 g/mol. The summed E-state index contributed by atoms with van der Waals surface area (Å²) >= 11 is 0. The number of fused-ring (bicyclic) bond motifs is 3. The maximum Gasteiger partial charge on any atom is 0.0701 e. The predicted octanol–water partition coefficient (Wildman–Crippen LogP) is 6.22. The van der Waals surface area contributed by atoms with E-state index in [-0.39, 0.29) is 5.41 Å². The molecule has 0 bridgehead atoms. The van der Waals surface area contributed by atoms with E-state index in [1.54, 1.807) is 0 Å². The van der Waals surface area contributed by atoms with Gasteiger partial charge in [0, 0.05) is 0 Å². The lowest BCUT2D eigenvalue weighted by Crippen LogP contribution is -2.28. The summed E-state index contributed by atoms with van der Waals surface area (Å²) in [5, 5.41) is 0. The van der Waals surface area contributed by atoms with Gasteiger partial charge >= 0.3 is 0 Å². The fourth-order valence-electron chi connectivity index (χ4n) is 3.79. The van der Waals surface area contributed by atoms with Crippen LogP contribution < -0.4 is 0 Å². The largest absolute Gasteiger partial charge is 0.0943 e. The van der Waals surface area contributed by atoms with Crippen molar-refractivity contribution in [3.63, 3.8) is 0 Å². The maximum atomic E-state index is 4.42. The first-order valence-corrected chi connectivity index (χ1v) is 8.01. The molecule has 23 heavy (non-hydrogen) atoms. The van der Waals surface area contributed by atoms with Crippen molar-refractivity contribution in [3.8, 4) is 11.1 Å². The van der Waals surface area contributed by atoms with Crippen LogP contribution >= 0.6 is 0 Å². The minimum Gasteiger partial charge on any atom is -0.0943 e. The van der Waals surface area contributed by atoms with Crippen LogP contribution in [0.2, 0.25) is 0 Å². The van der Waals surface area contributed by atoms with Crippen LogP contribution in [0.15, 0.2) is 97.1 Å². The topological polar surface area (TPSA) is 0 Å². The second kappa shape index (κ2) is 5.89. The molecule has 0 atom stereocenters. The molecule has 1 aliphatic carbocycles. The van der Waals surface area contributed by atoms with Crippen LogP contribution in [-0.2, 0) is 5.41 Å². The third kappa shape index (κ3) is 2.06. The first-order valence-electron chi connectivity index (χ1n) is 8.01.